The third kappa shape index (κ3) is 6.95. The van der Waals surface area contributed by atoms with Crippen molar-refractivity contribution in [1.82, 2.24) is 15.5 Å². The Hall–Kier alpha value is -1.69. The lowest BCUT2D eigenvalue weighted by molar-refractivity contribution is -0.128. The van der Waals surface area contributed by atoms with E-state index >= 15 is 0 Å². The number of nitrogens with zero attached hydrogens (tertiary/aromatic N) is 2. The molecule has 1 aromatic rings. The number of guanidine groups is 1. The van der Waals surface area contributed by atoms with Crippen molar-refractivity contribution in [2.24, 2.45) is 4.99 Å². The van der Waals surface area contributed by atoms with Crippen LogP contribution < -0.4 is 10.6 Å². The molecule has 1 aromatic carbocycles. The zero-order valence-electron chi connectivity index (χ0n) is 18.0. The first-order valence-corrected chi connectivity index (χ1v) is 12.2. The highest BCUT2D eigenvalue weighted by molar-refractivity contribution is 7.99. The van der Waals surface area contributed by atoms with E-state index in [0.717, 1.165) is 30.7 Å². The van der Waals surface area contributed by atoms with Crippen molar-refractivity contribution in [1.29, 1.82) is 0 Å². The van der Waals surface area contributed by atoms with E-state index in [1.54, 1.807) is 0 Å². The van der Waals surface area contributed by atoms with E-state index < -0.39 is 0 Å². The van der Waals surface area contributed by atoms with E-state index in [9.17, 15) is 4.79 Å². The van der Waals surface area contributed by atoms with Gasteiger partial charge in [0.05, 0.1) is 6.54 Å². The van der Waals surface area contributed by atoms with Crippen LogP contribution in [0.1, 0.15) is 63.5 Å². The minimum Gasteiger partial charge on any atom is -0.357 e. The molecule has 3 rings (SSSR count). The Morgan fingerprint density at radius 3 is 2.86 bits per heavy atom. The van der Waals surface area contributed by atoms with Gasteiger partial charge in [0.2, 0.25) is 5.91 Å². The maximum atomic E-state index is 11.9. The highest BCUT2D eigenvalue weighted by Gasteiger charge is 2.22. The molecule has 0 aromatic heterocycles. The predicted octanol–water partition coefficient (Wildman–Crippen LogP) is 3.93. The van der Waals surface area contributed by atoms with Crippen LogP contribution in [0.2, 0.25) is 0 Å². The zero-order valence-corrected chi connectivity index (χ0v) is 18.8. The van der Waals surface area contributed by atoms with Gasteiger partial charge in [-0.25, -0.2) is 4.99 Å². The molecule has 1 heterocycles. The Balaban J connectivity index is 1.58. The number of hydrogen-bond donors (Lipinski definition) is 2. The summed E-state index contributed by atoms with van der Waals surface area (Å²) >= 11 is 2.09. The fourth-order valence-electron chi connectivity index (χ4n) is 4.26. The number of aliphatic imine (C=N–C) groups is 1. The van der Waals surface area contributed by atoms with Gasteiger partial charge >= 0.3 is 0 Å². The van der Waals surface area contributed by atoms with Gasteiger partial charge < -0.3 is 15.5 Å². The number of thioether (sulfide) groups is 1. The summed E-state index contributed by atoms with van der Waals surface area (Å²) in [5, 5.41) is 7.85. The Morgan fingerprint density at radius 2 is 2.10 bits per heavy atom. The van der Waals surface area contributed by atoms with Crippen LogP contribution in [0, 0.1) is 0 Å². The molecule has 0 radical (unpaired) electrons. The smallest absolute Gasteiger partial charge is 0.222 e. The molecule has 2 unspecified atom stereocenters. The van der Waals surface area contributed by atoms with Crippen LogP contribution in [-0.4, -0.2) is 46.9 Å². The molecular formula is C23H36N4OS. The fourth-order valence-corrected chi connectivity index (χ4v) is 5.44. The third-order valence-corrected chi connectivity index (χ3v) is 6.90. The van der Waals surface area contributed by atoms with Gasteiger partial charge in [-0.1, -0.05) is 37.6 Å². The van der Waals surface area contributed by atoms with Gasteiger partial charge in [-0.15, -0.1) is 0 Å². The summed E-state index contributed by atoms with van der Waals surface area (Å²) in [4.78, 5) is 18.7. The number of benzene rings is 1. The van der Waals surface area contributed by atoms with Crippen LogP contribution in [0.5, 0.6) is 0 Å². The summed E-state index contributed by atoms with van der Waals surface area (Å²) in [6.45, 7) is 7.48. The second-order valence-corrected chi connectivity index (χ2v) is 9.60. The van der Waals surface area contributed by atoms with E-state index in [1.807, 2.05) is 4.90 Å². The lowest BCUT2D eigenvalue weighted by atomic mass is 9.95. The van der Waals surface area contributed by atoms with E-state index in [0.29, 0.717) is 25.6 Å². The highest BCUT2D eigenvalue weighted by Crippen LogP contribution is 2.28. The standard InChI is InChI=1S/C23H36N4OS/c1-3-24-23(26-20-10-6-11-21(15-20)29-4-2)25-16-18-8-5-9-19(14-18)17-27-13-7-12-22(27)28/h5,8-9,14,20-21H,3-4,6-7,10-13,15-17H2,1-2H3,(H2,24,25,26). The molecule has 2 N–H and O–H groups in total. The first kappa shape index (κ1) is 22.0. The monoisotopic (exact) mass is 416 g/mol. The van der Waals surface area contributed by atoms with Crippen LogP contribution >= 0.6 is 11.8 Å². The topological polar surface area (TPSA) is 56.7 Å². The minimum absolute atomic E-state index is 0.277. The average molecular weight is 417 g/mol. The van der Waals surface area contributed by atoms with Gasteiger partial charge in [-0.05, 0) is 49.5 Å². The van der Waals surface area contributed by atoms with Crippen molar-refractivity contribution in [3.63, 3.8) is 0 Å². The van der Waals surface area contributed by atoms with Gasteiger partial charge in [-0.2, -0.15) is 11.8 Å². The zero-order chi connectivity index (χ0) is 20.5. The molecule has 160 valence electrons. The second kappa shape index (κ2) is 11.5. The molecule has 0 spiro atoms. The molecule has 0 bridgehead atoms. The van der Waals surface area contributed by atoms with Gasteiger partial charge in [0.25, 0.3) is 0 Å². The lowest BCUT2D eigenvalue weighted by Gasteiger charge is -2.30. The number of carbonyl (C=O) groups excluding carboxylic acids is 1. The van der Waals surface area contributed by atoms with Crippen LogP contribution in [0.25, 0.3) is 0 Å². The van der Waals surface area contributed by atoms with Crippen molar-refractivity contribution < 1.29 is 4.79 Å². The van der Waals surface area contributed by atoms with Crippen molar-refractivity contribution in [2.75, 3.05) is 18.8 Å². The summed E-state index contributed by atoms with van der Waals surface area (Å²) in [5.74, 6) is 2.39. The summed E-state index contributed by atoms with van der Waals surface area (Å²) in [7, 11) is 0. The average Bonchev–Trinajstić information content (AvgIpc) is 3.12. The number of nitrogens with one attached hydrogen (secondary N) is 2. The molecule has 2 aliphatic rings. The number of likely N-dealkylation sites (tertiary alicyclic amines) is 1. The summed E-state index contributed by atoms with van der Waals surface area (Å²) < 4.78 is 0. The minimum atomic E-state index is 0.277. The molecule has 1 saturated heterocycles. The molecule has 5 nitrogen and oxygen atoms in total. The van der Waals surface area contributed by atoms with E-state index in [-0.39, 0.29) is 5.91 Å². The highest BCUT2D eigenvalue weighted by atomic mass is 32.2. The maximum absolute atomic E-state index is 11.9. The van der Waals surface area contributed by atoms with E-state index in [1.165, 1.54) is 42.6 Å². The second-order valence-electron chi connectivity index (χ2n) is 8.02. The van der Waals surface area contributed by atoms with Gasteiger partial charge in [0.1, 0.15) is 0 Å². The Morgan fingerprint density at radius 1 is 1.24 bits per heavy atom. The van der Waals surface area contributed by atoms with Gasteiger partial charge in [0.15, 0.2) is 5.96 Å². The SMILES string of the molecule is CCNC(=NCc1cccc(CN2CCCC2=O)c1)NC1CCCC(SCC)C1. The molecular weight excluding hydrogens is 380 g/mol. The van der Waals surface area contributed by atoms with Crippen molar-refractivity contribution in [2.45, 2.75) is 76.8 Å². The number of carbonyl (C=O) groups is 1. The predicted molar refractivity (Wildman–Crippen MR) is 123 cm³/mol. The molecule has 1 amide bonds. The number of hydrogen-bond acceptors (Lipinski definition) is 3. The Labute approximate surface area is 180 Å². The van der Waals surface area contributed by atoms with Crippen LogP contribution in [0.3, 0.4) is 0 Å². The lowest BCUT2D eigenvalue weighted by Crippen LogP contribution is -2.45. The molecule has 29 heavy (non-hydrogen) atoms. The van der Waals surface area contributed by atoms with Crippen molar-refractivity contribution in [3.05, 3.63) is 35.4 Å². The normalized spacial score (nSPS) is 22.8. The molecule has 2 atom stereocenters. The molecule has 1 aliphatic carbocycles. The first-order chi connectivity index (χ1) is 14.2. The Kier molecular flexibility index (Phi) is 8.71. The Bertz CT molecular complexity index is 691. The molecule has 2 fully saturated rings. The van der Waals surface area contributed by atoms with Crippen LogP contribution in [-0.2, 0) is 17.9 Å². The quantitative estimate of drug-likeness (QED) is 0.498. The fraction of sp³-hybridized carbons (Fsp3) is 0.652. The summed E-state index contributed by atoms with van der Waals surface area (Å²) in [5.41, 5.74) is 2.38. The van der Waals surface area contributed by atoms with Crippen LogP contribution in [0.15, 0.2) is 29.3 Å². The molecule has 1 aliphatic heterocycles. The largest absolute Gasteiger partial charge is 0.357 e. The van der Waals surface area contributed by atoms with Gasteiger partial charge in [-0.3, -0.25) is 4.79 Å². The first-order valence-electron chi connectivity index (χ1n) is 11.2. The summed E-state index contributed by atoms with van der Waals surface area (Å²) in [6.07, 6.45) is 6.77. The van der Waals surface area contributed by atoms with Crippen molar-refractivity contribution >= 4 is 23.6 Å². The molecule has 1 saturated carbocycles. The number of rotatable bonds is 8. The molecule has 6 heteroatoms. The van der Waals surface area contributed by atoms with Gasteiger partial charge in [0, 0.05) is 37.3 Å². The van der Waals surface area contributed by atoms with Crippen molar-refractivity contribution in [3.8, 4) is 0 Å². The number of amides is 1. The summed E-state index contributed by atoms with van der Waals surface area (Å²) in [6, 6.07) is 9.01. The van der Waals surface area contributed by atoms with E-state index in [4.69, 9.17) is 4.99 Å². The van der Waals surface area contributed by atoms with Crippen LogP contribution in [0.4, 0.5) is 0 Å². The van der Waals surface area contributed by atoms with E-state index in [2.05, 4.69) is 60.5 Å². The third-order valence-electron chi connectivity index (χ3n) is 5.67. The maximum Gasteiger partial charge on any atom is 0.222 e.